The zero-order valence-electron chi connectivity index (χ0n) is 8.50. The van der Waals surface area contributed by atoms with E-state index in [4.69, 9.17) is 5.11 Å². The lowest BCUT2D eigenvalue weighted by Crippen LogP contribution is -2.27. The molecule has 0 saturated carbocycles. The Kier molecular flexibility index (Phi) is 6.18. The molecule has 0 aliphatic rings. The van der Waals surface area contributed by atoms with Crippen LogP contribution < -0.4 is 5.32 Å². The third-order valence-corrected chi connectivity index (χ3v) is 1.51. The molecule has 13 heavy (non-hydrogen) atoms. The number of nitrogens with zero attached hydrogens (tertiary/aromatic N) is 1. The van der Waals surface area contributed by atoms with E-state index in [1.807, 2.05) is 14.1 Å². The molecular weight excluding hydrogens is 168 g/mol. The van der Waals surface area contributed by atoms with Crippen LogP contribution in [0.3, 0.4) is 0 Å². The Morgan fingerprint density at radius 3 is 2.62 bits per heavy atom. The summed E-state index contributed by atoms with van der Waals surface area (Å²) < 4.78 is 0. The average Bonchev–Trinajstić information content (AvgIpc) is 1.96. The first-order valence-electron chi connectivity index (χ1n) is 4.28. The molecule has 0 aliphatic heterocycles. The van der Waals surface area contributed by atoms with Crippen LogP contribution in [0.2, 0.25) is 0 Å². The van der Waals surface area contributed by atoms with Gasteiger partial charge in [0.05, 0.1) is 0 Å². The molecule has 0 saturated heterocycles. The number of likely N-dealkylation sites (N-methyl/N-ethyl adjacent to an activating group) is 1. The highest BCUT2D eigenvalue weighted by Crippen LogP contribution is 1.88. The lowest BCUT2D eigenvalue weighted by atomic mass is 10.3. The van der Waals surface area contributed by atoms with E-state index in [0.29, 0.717) is 6.54 Å². The van der Waals surface area contributed by atoms with Crippen LogP contribution in [0.1, 0.15) is 6.92 Å². The molecule has 76 valence electrons. The van der Waals surface area contributed by atoms with Crippen molar-refractivity contribution in [2.45, 2.75) is 6.92 Å². The fraction of sp³-hybridized carbons (Fsp3) is 0.667. The molecule has 0 aliphatic carbocycles. The molecular formula is C9H18N2O2. The van der Waals surface area contributed by atoms with Gasteiger partial charge in [-0.05, 0) is 21.0 Å². The van der Waals surface area contributed by atoms with Crippen molar-refractivity contribution in [3.8, 4) is 0 Å². The molecule has 0 aromatic rings. The maximum atomic E-state index is 10.2. The largest absolute Gasteiger partial charge is 0.478 e. The van der Waals surface area contributed by atoms with Crippen LogP contribution in [-0.2, 0) is 4.79 Å². The molecule has 2 N–H and O–H groups in total. The molecule has 4 heteroatoms. The minimum absolute atomic E-state index is 0.639. The van der Waals surface area contributed by atoms with Gasteiger partial charge < -0.3 is 15.3 Å². The van der Waals surface area contributed by atoms with Crippen LogP contribution in [0.15, 0.2) is 11.6 Å². The topological polar surface area (TPSA) is 52.6 Å². The van der Waals surface area contributed by atoms with Crippen molar-refractivity contribution in [3.05, 3.63) is 11.6 Å². The Bertz CT molecular complexity index is 188. The van der Waals surface area contributed by atoms with Gasteiger partial charge in [0.15, 0.2) is 0 Å². The van der Waals surface area contributed by atoms with Crippen LogP contribution in [0.25, 0.3) is 0 Å². The summed E-state index contributed by atoms with van der Waals surface area (Å²) in [5.41, 5.74) is 0.839. The maximum absolute atomic E-state index is 10.2. The van der Waals surface area contributed by atoms with Gasteiger partial charge in [-0.15, -0.1) is 0 Å². The molecule has 0 bridgehead atoms. The van der Waals surface area contributed by atoms with E-state index < -0.39 is 5.97 Å². The summed E-state index contributed by atoms with van der Waals surface area (Å²) >= 11 is 0. The normalized spacial score (nSPS) is 12.2. The van der Waals surface area contributed by atoms with Gasteiger partial charge in [0.2, 0.25) is 0 Å². The zero-order chi connectivity index (χ0) is 10.3. The second-order valence-electron chi connectivity index (χ2n) is 3.31. The number of nitrogens with one attached hydrogen (secondary N) is 1. The van der Waals surface area contributed by atoms with E-state index >= 15 is 0 Å². The van der Waals surface area contributed by atoms with E-state index in [1.165, 1.54) is 6.08 Å². The summed E-state index contributed by atoms with van der Waals surface area (Å²) in [4.78, 5) is 12.3. The van der Waals surface area contributed by atoms with Crippen molar-refractivity contribution in [3.63, 3.8) is 0 Å². The first-order valence-corrected chi connectivity index (χ1v) is 4.28. The number of hydrogen-bond acceptors (Lipinski definition) is 3. The maximum Gasteiger partial charge on any atom is 0.328 e. The van der Waals surface area contributed by atoms with Gasteiger partial charge in [-0.1, -0.05) is 5.57 Å². The first-order chi connectivity index (χ1) is 6.02. The minimum atomic E-state index is -0.882. The van der Waals surface area contributed by atoms with Crippen molar-refractivity contribution in [2.75, 3.05) is 33.7 Å². The summed E-state index contributed by atoms with van der Waals surface area (Å²) in [6.07, 6.45) is 1.22. The fourth-order valence-electron chi connectivity index (χ4n) is 0.850. The fourth-order valence-corrected chi connectivity index (χ4v) is 0.850. The van der Waals surface area contributed by atoms with E-state index in [9.17, 15) is 4.79 Å². The highest BCUT2D eigenvalue weighted by molar-refractivity contribution is 5.80. The van der Waals surface area contributed by atoms with Crippen LogP contribution in [0, 0.1) is 0 Å². The second kappa shape index (κ2) is 6.62. The molecule has 0 fully saturated rings. The van der Waals surface area contributed by atoms with Gasteiger partial charge in [-0.2, -0.15) is 0 Å². The molecule has 0 heterocycles. The number of aliphatic carboxylic acids is 1. The number of rotatable bonds is 6. The SMILES string of the molecule is CC(=CC(=O)O)CNCCN(C)C. The molecule has 4 nitrogen and oxygen atoms in total. The van der Waals surface area contributed by atoms with Crippen LogP contribution >= 0.6 is 0 Å². The second-order valence-corrected chi connectivity index (χ2v) is 3.31. The van der Waals surface area contributed by atoms with Gasteiger partial charge in [0.25, 0.3) is 0 Å². The van der Waals surface area contributed by atoms with Crippen molar-refractivity contribution in [2.24, 2.45) is 0 Å². The molecule has 0 aromatic carbocycles. The number of hydrogen-bond donors (Lipinski definition) is 2. The molecule has 0 radical (unpaired) electrons. The third-order valence-electron chi connectivity index (χ3n) is 1.51. The van der Waals surface area contributed by atoms with Crippen LogP contribution in [-0.4, -0.2) is 49.7 Å². The molecule has 0 spiro atoms. The van der Waals surface area contributed by atoms with E-state index in [2.05, 4.69) is 10.2 Å². The molecule has 0 aromatic heterocycles. The summed E-state index contributed by atoms with van der Waals surface area (Å²) in [7, 11) is 4.00. The van der Waals surface area contributed by atoms with Crippen LogP contribution in [0.5, 0.6) is 0 Å². The van der Waals surface area contributed by atoms with Crippen LogP contribution in [0.4, 0.5) is 0 Å². The molecule has 0 rings (SSSR count). The summed E-state index contributed by atoms with van der Waals surface area (Å²) in [5.74, 6) is -0.882. The molecule has 0 amide bonds. The predicted molar refractivity (Wildman–Crippen MR) is 52.8 cm³/mol. The van der Waals surface area contributed by atoms with Crippen molar-refractivity contribution >= 4 is 5.97 Å². The minimum Gasteiger partial charge on any atom is -0.478 e. The Labute approximate surface area is 79.2 Å². The quantitative estimate of drug-likeness (QED) is 0.458. The van der Waals surface area contributed by atoms with Gasteiger partial charge in [0, 0.05) is 25.7 Å². The first kappa shape index (κ1) is 12.1. The number of carboxylic acids is 1. The summed E-state index contributed by atoms with van der Waals surface area (Å²) in [6.45, 7) is 4.27. The summed E-state index contributed by atoms with van der Waals surface area (Å²) in [5, 5.41) is 11.6. The monoisotopic (exact) mass is 186 g/mol. The number of carbonyl (C=O) groups is 1. The molecule has 0 atom stereocenters. The predicted octanol–water partition coefficient (Wildman–Crippen LogP) is 0.169. The summed E-state index contributed by atoms with van der Waals surface area (Å²) in [6, 6.07) is 0. The third kappa shape index (κ3) is 9.04. The van der Waals surface area contributed by atoms with Gasteiger partial charge >= 0.3 is 5.97 Å². The Hall–Kier alpha value is -0.870. The lowest BCUT2D eigenvalue weighted by molar-refractivity contribution is -0.131. The van der Waals surface area contributed by atoms with E-state index in [-0.39, 0.29) is 0 Å². The average molecular weight is 186 g/mol. The number of carboxylic acid groups (broad SMARTS) is 1. The van der Waals surface area contributed by atoms with Crippen molar-refractivity contribution in [1.82, 2.24) is 10.2 Å². The Morgan fingerprint density at radius 2 is 2.15 bits per heavy atom. The Balaban J connectivity index is 3.48. The van der Waals surface area contributed by atoms with Crippen molar-refractivity contribution in [1.29, 1.82) is 0 Å². The lowest BCUT2D eigenvalue weighted by Gasteiger charge is -2.10. The van der Waals surface area contributed by atoms with Gasteiger partial charge in [-0.3, -0.25) is 0 Å². The highest BCUT2D eigenvalue weighted by Gasteiger charge is 1.94. The van der Waals surface area contributed by atoms with E-state index in [1.54, 1.807) is 6.92 Å². The highest BCUT2D eigenvalue weighted by atomic mass is 16.4. The Morgan fingerprint density at radius 1 is 1.54 bits per heavy atom. The smallest absolute Gasteiger partial charge is 0.328 e. The van der Waals surface area contributed by atoms with Crippen molar-refractivity contribution < 1.29 is 9.90 Å². The standard InChI is InChI=1S/C9H18N2O2/c1-8(6-9(12)13)7-10-4-5-11(2)3/h6,10H,4-5,7H2,1-3H3,(H,12,13). The van der Waals surface area contributed by atoms with E-state index in [0.717, 1.165) is 18.7 Å². The zero-order valence-corrected chi connectivity index (χ0v) is 8.50. The van der Waals surface area contributed by atoms with Gasteiger partial charge in [0.1, 0.15) is 0 Å². The van der Waals surface area contributed by atoms with Gasteiger partial charge in [-0.25, -0.2) is 4.79 Å². The molecule has 0 unspecified atom stereocenters.